The van der Waals surface area contributed by atoms with Gasteiger partial charge in [-0.25, -0.2) is 14.8 Å². The summed E-state index contributed by atoms with van der Waals surface area (Å²) in [5, 5.41) is 9.18. The Balaban J connectivity index is 1.59. The van der Waals surface area contributed by atoms with Crippen LogP contribution >= 0.6 is 0 Å². The average molecular weight is 395 g/mol. The molecule has 2 saturated heterocycles. The van der Waals surface area contributed by atoms with Crippen molar-refractivity contribution >= 4 is 17.9 Å². The van der Waals surface area contributed by atoms with E-state index in [9.17, 15) is 14.7 Å². The van der Waals surface area contributed by atoms with Crippen LogP contribution in [0.15, 0.2) is 48.8 Å². The van der Waals surface area contributed by atoms with E-state index in [0.717, 1.165) is 5.56 Å². The zero-order valence-electron chi connectivity index (χ0n) is 16.3. The van der Waals surface area contributed by atoms with Crippen molar-refractivity contribution < 1.29 is 14.7 Å². The quantitative estimate of drug-likeness (QED) is 0.749. The molecule has 29 heavy (non-hydrogen) atoms. The lowest BCUT2D eigenvalue weighted by molar-refractivity contribution is -0.134. The zero-order valence-corrected chi connectivity index (χ0v) is 16.3. The zero-order chi connectivity index (χ0) is 20.3. The smallest absolute Gasteiger partial charge is 0.327 e. The first-order valence-electron chi connectivity index (χ1n) is 9.96. The van der Waals surface area contributed by atoms with E-state index in [0.29, 0.717) is 44.8 Å². The fourth-order valence-electron chi connectivity index (χ4n) is 4.21. The van der Waals surface area contributed by atoms with Crippen LogP contribution in [0.4, 0.5) is 10.7 Å². The Morgan fingerprint density at radius 3 is 2.34 bits per heavy atom. The topological polar surface area (TPSA) is 89.9 Å². The number of imide groups is 1. The number of aliphatic hydroxyl groups is 1. The number of benzene rings is 1. The van der Waals surface area contributed by atoms with Crippen molar-refractivity contribution in [2.75, 3.05) is 31.1 Å². The van der Waals surface area contributed by atoms with Gasteiger partial charge < -0.3 is 14.9 Å². The summed E-state index contributed by atoms with van der Waals surface area (Å²) in [6.45, 7) is 1.78. The molecule has 152 valence electrons. The lowest BCUT2D eigenvalue weighted by atomic mass is 9.85. The number of urea groups is 1. The Labute approximate surface area is 169 Å². The highest BCUT2D eigenvalue weighted by molar-refractivity contribution is 6.07. The lowest BCUT2D eigenvalue weighted by Crippen LogP contribution is -2.56. The molecule has 0 atom stereocenters. The summed E-state index contributed by atoms with van der Waals surface area (Å²) < 4.78 is 0. The van der Waals surface area contributed by atoms with Crippen LogP contribution in [0.25, 0.3) is 0 Å². The Morgan fingerprint density at radius 1 is 1.00 bits per heavy atom. The van der Waals surface area contributed by atoms with Crippen molar-refractivity contribution in [1.29, 1.82) is 0 Å². The molecule has 2 fully saturated rings. The fraction of sp³-hybridized carbons (Fsp3) is 0.429. The van der Waals surface area contributed by atoms with Crippen LogP contribution in [0.1, 0.15) is 24.8 Å². The third-order valence-electron chi connectivity index (χ3n) is 5.77. The minimum Gasteiger partial charge on any atom is -0.396 e. The van der Waals surface area contributed by atoms with Gasteiger partial charge in [-0.3, -0.25) is 9.69 Å². The molecule has 0 aliphatic carbocycles. The van der Waals surface area contributed by atoms with E-state index < -0.39 is 5.54 Å². The van der Waals surface area contributed by atoms with Crippen LogP contribution in [-0.2, 0) is 11.3 Å². The van der Waals surface area contributed by atoms with Crippen molar-refractivity contribution in [3.63, 3.8) is 0 Å². The van der Waals surface area contributed by atoms with E-state index in [1.54, 1.807) is 23.4 Å². The fourth-order valence-corrected chi connectivity index (χ4v) is 4.21. The average Bonchev–Trinajstić information content (AvgIpc) is 2.95. The summed E-state index contributed by atoms with van der Waals surface area (Å²) in [5.41, 5.74) is 0.138. The van der Waals surface area contributed by atoms with Gasteiger partial charge in [-0.15, -0.1) is 0 Å². The van der Waals surface area contributed by atoms with Gasteiger partial charge in [-0.2, -0.15) is 0 Å². The predicted octanol–water partition coefficient (Wildman–Crippen LogP) is 1.66. The minimum absolute atomic E-state index is 0.0537. The SMILES string of the molecule is O=C1N(CCCO)C(=O)C2(CCN(c3ncccn3)CC2)N1Cc1ccccc1. The lowest BCUT2D eigenvalue weighted by Gasteiger charge is -2.42. The molecule has 1 N–H and O–H groups in total. The van der Waals surface area contributed by atoms with Crippen molar-refractivity contribution in [2.45, 2.75) is 31.3 Å². The molecule has 2 aromatic rings. The van der Waals surface area contributed by atoms with Crippen LogP contribution in [0.3, 0.4) is 0 Å². The second kappa shape index (κ2) is 8.16. The van der Waals surface area contributed by atoms with Gasteiger partial charge in [0.05, 0.1) is 0 Å². The highest BCUT2D eigenvalue weighted by atomic mass is 16.3. The predicted molar refractivity (Wildman–Crippen MR) is 107 cm³/mol. The van der Waals surface area contributed by atoms with Crippen LogP contribution in [0, 0.1) is 0 Å². The second-order valence-electron chi connectivity index (χ2n) is 7.46. The van der Waals surface area contributed by atoms with Gasteiger partial charge in [-0.05, 0) is 30.9 Å². The van der Waals surface area contributed by atoms with Gasteiger partial charge in [0.1, 0.15) is 5.54 Å². The van der Waals surface area contributed by atoms with Crippen molar-refractivity contribution in [3.8, 4) is 0 Å². The molecule has 0 radical (unpaired) electrons. The maximum atomic E-state index is 13.4. The van der Waals surface area contributed by atoms with E-state index in [1.165, 1.54) is 4.90 Å². The molecule has 0 bridgehead atoms. The van der Waals surface area contributed by atoms with Crippen LogP contribution in [0.5, 0.6) is 0 Å². The van der Waals surface area contributed by atoms with E-state index in [4.69, 9.17) is 0 Å². The number of nitrogens with zero attached hydrogens (tertiary/aromatic N) is 5. The first-order valence-corrected chi connectivity index (χ1v) is 9.96. The Bertz CT molecular complexity index is 853. The molecule has 8 heteroatoms. The molecule has 1 aromatic carbocycles. The number of carbonyl (C=O) groups is 2. The Kier molecular flexibility index (Phi) is 5.44. The third kappa shape index (κ3) is 3.55. The molecule has 2 aliphatic heterocycles. The number of carbonyl (C=O) groups excluding carboxylic acids is 2. The number of rotatable bonds is 6. The summed E-state index contributed by atoms with van der Waals surface area (Å²) in [6, 6.07) is 11.2. The summed E-state index contributed by atoms with van der Waals surface area (Å²) in [6.07, 6.45) is 4.85. The largest absolute Gasteiger partial charge is 0.396 e. The van der Waals surface area contributed by atoms with Crippen molar-refractivity contribution in [1.82, 2.24) is 19.8 Å². The summed E-state index contributed by atoms with van der Waals surface area (Å²) in [5.74, 6) is 0.492. The highest BCUT2D eigenvalue weighted by Crippen LogP contribution is 2.39. The maximum absolute atomic E-state index is 13.4. The molecule has 8 nitrogen and oxygen atoms in total. The van der Waals surface area contributed by atoms with Crippen molar-refractivity contribution in [2.24, 2.45) is 0 Å². The molecule has 3 amide bonds. The summed E-state index contributed by atoms with van der Waals surface area (Å²) in [7, 11) is 0. The molecule has 2 aliphatic rings. The highest BCUT2D eigenvalue weighted by Gasteiger charge is 2.57. The number of aliphatic hydroxyl groups excluding tert-OH is 1. The number of hydrogen-bond donors (Lipinski definition) is 1. The van der Waals surface area contributed by atoms with Gasteiger partial charge in [0.25, 0.3) is 5.91 Å². The van der Waals surface area contributed by atoms with Gasteiger partial charge >= 0.3 is 6.03 Å². The number of aromatic nitrogens is 2. The van der Waals surface area contributed by atoms with E-state index >= 15 is 0 Å². The molecular weight excluding hydrogens is 370 g/mol. The number of piperidine rings is 1. The molecule has 4 rings (SSSR count). The van der Waals surface area contributed by atoms with Crippen LogP contribution in [0.2, 0.25) is 0 Å². The summed E-state index contributed by atoms with van der Waals surface area (Å²) in [4.78, 5) is 40.2. The van der Waals surface area contributed by atoms with E-state index in [2.05, 4.69) is 14.9 Å². The van der Waals surface area contributed by atoms with Gasteiger partial charge in [-0.1, -0.05) is 30.3 Å². The monoisotopic (exact) mass is 395 g/mol. The van der Waals surface area contributed by atoms with Gasteiger partial charge in [0.15, 0.2) is 0 Å². The van der Waals surface area contributed by atoms with Gasteiger partial charge in [0.2, 0.25) is 5.95 Å². The normalized spacial score (nSPS) is 18.7. The van der Waals surface area contributed by atoms with Crippen molar-refractivity contribution in [3.05, 3.63) is 54.4 Å². The van der Waals surface area contributed by atoms with Crippen LogP contribution < -0.4 is 4.90 Å². The number of anilines is 1. The molecule has 1 spiro atoms. The first kappa shape index (κ1) is 19.3. The molecule has 1 aromatic heterocycles. The molecular formula is C21H25N5O3. The maximum Gasteiger partial charge on any atom is 0.327 e. The van der Waals surface area contributed by atoms with Gasteiger partial charge in [0, 0.05) is 45.2 Å². The third-order valence-corrected chi connectivity index (χ3v) is 5.77. The Morgan fingerprint density at radius 2 is 1.69 bits per heavy atom. The van der Waals surface area contributed by atoms with E-state index in [1.807, 2.05) is 30.3 Å². The minimum atomic E-state index is -0.854. The summed E-state index contributed by atoms with van der Waals surface area (Å²) >= 11 is 0. The Hall–Kier alpha value is -3.00. The molecule has 0 saturated carbocycles. The first-order chi connectivity index (χ1) is 14.2. The standard InChI is InChI=1S/C21H25N5O3/c27-15-5-12-25-18(28)21(26(20(25)29)16-17-6-2-1-3-7-17)8-13-24(14-9-21)19-22-10-4-11-23-19/h1-4,6-7,10-11,27H,5,8-9,12-16H2. The number of hydrogen-bond acceptors (Lipinski definition) is 6. The second-order valence-corrected chi connectivity index (χ2v) is 7.46. The number of amides is 3. The van der Waals surface area contributed by atoms with Crippen LogP contribution in [-0.4, -0.2) is 68.6 Å². The molecule has 0 unspecified atom stereocenters. The molecule has 3 heterocycles. The van der Waals surface area contributed by atoms with E-state index in [-0.39, 0.29) is 25.1 Å².